The number of fused-ring (bicyclic) bond motifs is 1. The van der Waals surface area contributed by atoms with Crippen molar-refractivity contribution in [1.82, 2.24) is 4.90 Å². The second-order valence-electron chi connectivity index (χ2n) is 7.44. The summed E-state index contributed by atoms with van der Waals surface area (Å²) in [5.74, 6) is -1.69. The van der Waals surface area contributed by atoms with Gasteiger partial charge in [-0.3, -0.25) is 14.5 Å². The minimum Gasteiger partial charge on any atom is -0.493 e. The van der Waals surface area contributed by atoms with E-state index in [-0.39, 0.29) is 29.8 Å². The van der Waals surface area contributed by atoms with Gasteiger partial charge in [-0.2, -0.15) is 0 Å². The van der Waals surface area contributed by atoms with E-state index in [0.717, 1.165) is 12.1 Å². The van der Waals surface area contributed by atoms with Crippen molar-refractivity contribution in [3.05, 3.63) is 47.5 Å². The quantitative estimate of drug-likeness (QED) is 0.632. The summed E-state index contributed by atoms with van der Waals surface area (Å²) in [4.78, 5) is 39.4. The van der Waals surface area contributed by atoms with Crippen molar-refractivity contribution >= 4 is 23.5 Å². The Kier molecular flexibility index (Phi) is 5.98. The van der Waals surface area contributed by atoms with E-state index >= 15 is 0 Å². The van der Waals surface area contributed by atoms with Crippen molar-refractivity contribution in [3.8, 4) is 17.2 Å². The SMILES string of the molecule is COc1ccc2c(c1OC)C(=O)O[C@@H]2N1C(=O)CC[C@H]1C(=O)Nc1ccc(OC(F)(F)F)cc1. The number of amides is 2. The molecule has 4 rings (SSSR count). The second-order valence-corrected chi connectivity index (χ2v) is 7.44. The molecule has 9 nitrogen and oxygen atoms in total. The third-order valence-corrected chi connectivity index (χ3v) is 5.43. The summed E-state index contributed by atoms with van der Waals surface area (Å²) < 4.78 is 56.7. The van der Waals surface area contributed by atoms with E-state index in [4.69, 9.17) is 14.2 Å². The number of carbonyl (C=O) groups is 3. The minimum absolute atomic E-state index is 0.0487. The van der Waals surface area contributed by atoms with Crippen LogP contribution >= 0.6 is 0 Å². The number of rotatable bonds is 6. The number of ether oxygens (including phenoxy) is 4. The Morgan fingerprint density at radius 3 is 2.41 bits per heavy atom. The molecule has 0 aliphatic carbocycles. The molecule has 2 aliphatic rings. The summed E-state index contributed by atoms with van der Waals surface area (Å²) in [7, 11) is 2.77. The molecular weight excluding hydrogens is 461 g/mol. The largest absolute Gasteiger partial charge is 0.573 e. The van der Waals surface area contributed by atoms with Crippen molar-refractivity contribution in [3.63, 3.8) is 0 Å². The molecule has 180 valence electrons. The summed E-state index contributed by atoms with van der Waals surface area (Å²) in [6.45, 7) is 0. The summed E-state index contributed by atoms with van der Waals surface area (Å²) in [5.41, 5.74) is 0.657. The van der Waals surface area contributed by atoms with E-state index in [0.29, 0.717) is 11.3 Å². The molecule has 0 unspecified atom stereocenters. The maximum absolute atomic E-state index is 13.0. The lowest BCUT2D eigenvalue weighted by atomic mass is 10.1. The topological polar surface area (TPSA) is 103 Å². The van der Waals surface area contributed by atoms with Crippen LogP contribution in [0.3, 0.4) is 0 Å². The zero-order valence-electron chi connectivity index (χ0n) is 18.0. The standard InChI is InChI=1S/C22H19F3N2O7/c1-31-15-9-7-13-17(18(15)32-2)21(30)33-20(13)27-14(8-10-16(27)28)19(29)26-11-3-5-12(6-4-11)34-22(23,24)25/h3-7,9,14,20H,8,10H2,1-2H3,(H,26,29)/t14-,20-/m0/s1. The van der Waals surface area contributed by atoms with Crippen LogP contribution in [-0.4, -0.2) is 49.3 Å². The molecule has 2 aromatic carbocycles. The number of benzene rings is 2. The van der Waals surface area contributed by atoms with E-state index in [1.54, 1.807) is 12.1 Å². The Morgan fingerprint density at radius 2 is 1.79 bits per heavy atom. The van der Waals surface area contributed by atoms with Crippen LogP contribution in [-0.2, 0) is 14.3 Å². The number of nitrogens with zero attached hydrogens (tertiary/aromatic N) is 1. The van der Waals surface area contributed by atoms with E-state index in [1.165, 1.54) is 31.3 Å². The fraction of sp³-hybridized carbons (Fsp3) is 0.318. The van der Waals surface area contributed by atoms with Crippen molar-refractivity contribution < 1.29 is 46.5 Å². The zero-order chi connectivity index (χ0) is 24.6. The lowest BCUT2D eigenvalue weighted by Crippen LogP contribution is -2.43. The minimum atomic E-state index is -4.84. The average molecular weight is 480 g/mol. The number of carbonyl (C=O) groups excluding carboxylic acids is 3. The molecule has 0 spiro atoms. The predicted octanol–water partition coefficient (Wildman–Crippen LogP) is 3.40. The fourth-order valence-corrected chi connectivity index (χ4v) is 4.01. The van der Waals surface area contributed by atoms with Gasteiger partial charge in [-0.05, 0) is 42.8 Å². The molecular formula is C22H19F3N2O7. The third-order valence-electron chi connectivity index (χ3n) is 5.43. The first-order valence-electron chi connectivity index (χ1n) is 10.1. The molecule has 2 heterocycles. The zero-order valence-corrected chi connectivity index (χ0v) is 18.0. The van der Waals surface area contributed by atoms with Gasteiger partial charge < -0.3 is 24.3 Å². The predicted molar refractivity (Wildman–Crippen MR) is 109 cm³/mol. The first kappa shape index (κ1) is 23.2. The highest BCUT2D eigenvalue weighted by Crippen LogP contribution is 2.45. The molecule has 0 radical (unpaired) electrons. The highest BCUT2D eigenvalue weighted by atomic mass is 19.4. The van der Waals surface area contributed by atoms with Crippen LogP contribution < -0.4 is 19.5 Å². The van der Waals surface area contributed by atoms with Gasteiger partial charge >= 0.3 is 12.3 Å². The molecule has 12 heteroatoms. The number of anilines is 1. The Hall–Kier alpha value is -3.96. The van der Waals surface area contributed by atoms with Gasteiger partial charge in [0.2, 0.25) is 18.0 Å². The van der Waals surface area contributed by atoms with E-state index in [9.17, 15) is 27.6 Å². The Morgan fingerprint density at radius 1 is 1.09 bits per heavy atom. The number of cyclic esters (lactones) is 1. The van der Waals surface area contributed by atoms with Crippen LogP contribution in [0, 0.1) is 0 Å². The Balaban J connectivity index is 1.56. The molecule has 2 aromatic rings. The maximum atomic E-state index is 13.0. The second kappa shape index (κ2) is 8.76. The molecule has 0 bridgehead atoms. The van der Waals surface area contributed by atoms with Crippen molar-refractivity contribution in [2.75, 3.05) is 19.5 Å². The fourth-order valence-electron chi connectivity index (χ4n) is 4.01. The van der Waals surface area contributed by atoms with Crippen LogP contribution in [0.4, 0.5) is 18.9 Å². The number of halogens is 3. The lowest BCUT2D eigenvalue weighted by molar-refractivity contribution is -0.274. The summed E-state index contributed by atoms with van der Waals surface area (Å²) in [6, 6.07) is 6.73. The number of alkyl halides is 3. The monoisotopic (exact) mass is 480 g/mol. The van der Waals surface area contributed by atoms with Gasteiger partial charge in [0.05, 0.1) is 14.2 Å². The summed E-state index contributed by atoms with van der Waals surface area (Å²) in [5, 5.41) is 2.57. The van der Waals surface area contributed by atoms with Crippen LogP contribution in [0.1, 0.15) is 35.0 Å². The van der Waals surface area contributed by atoms with Gasteiger partial charge in [-0.1, -0.05) is 0 Å². The van der Waals surface area contributed by atoms with Crippen molar-refractivity contribution in [2.24, 2.45) is 0 Å². The highest BCUT2D eigenvalue weighted by molar-refractivity contribution is 6.01. The Bertz CT molecular complexity index is 1130. The number of hydrogen-bond acceptors (Lipinski definition) is 7. The summed E-state index contributed by atoms with van der Waals surface area (Å²) >= 11 is 0. The molecule has 2 amide bonds. The van der Waals surface area contributed by atoms with E-state index in [1.807, 2.05) is 0 Å². The smallest absolute Gasteiger partial charge is 0.493 e. The van der Waals surface area contributed by atoms with Gasteiger partial charge in [0.1, 0.15) is 17.4 Å². The van der Waals surface area contributed by atoms with Crippen LogP contribution in [0.25, 0.3) is 0 Å². The molecule has 1 fully saturated rings. The van der Waals surface area contributed by atoms with Crippen LogP contribution in [0.15, 0.2) is 36.4 Å². The first-order valence-corrected chi connectivity index (χ1v) is 10.1. The number of methoxy groups -OCH3 is 2. The van der Waals surface area contributed by atoms with Gasteiger partial charge in [0.25, 0.3) is 0 Å². The van der Waals surface area contributed by atoms with E-state index < -0.39 is 42.2 Å². The van der Waals surface area contributed by atoms with Crippen LogP contribution in [0.2, 0.25) is 0 Å². The molecule has 0 aromatic heterocycles. The Labute approximate surface area is 191 Å². The summed E-state index contributed by atoms with van der Waals surface area (Å²) in [6.07, 6.45) is -5.77. The van der Waals surface area contributed by atoms with Gasteiger partial charge in [0, 0.05) is 17.7 Å². The molecule has 0 saturated carbocycles. The molecule has 1 N–H and O–H groups in total. The molecule has 1 saturated heterocycles. The molecule has 34 heavy (non-hydrogen) atoms. The van der Waals surface area contributed by atoms with Gasteiger partial charge in [-0.15, -0.1) is 13.2 Å². The van der Waals surface area contributed by atoms with Crippen molar-refractivity contribution in [2.45, 2.75) is 31.5 Å². The highest BCUT2D eigenvalue weighted by Gasteiger charge is 2.47. The van der Waals surface area contributed by atoms with Crippen molar-refractivity contribution in [1.29, 1.82) is 0 Å². The third kappa shape index (κ3) is 4.30. The maximum Gasteiger partial charge on any atom is 0.573 e. The molecule has 2 atom stereocenters. The number of nitrogens with one attached hydrogen (secondary N) is 1. The first-order chi connectivity index (χ1) is 16.1. The normalized spacial score (nSPS) is 19.5. The number of likely N-dealkylation sites (tertiary alicyclic amines) is 1. The number of hydrogen-bond donors (Lipinski definition) is 1. The lowest BCUT2D eigenvalue weighted by Gasteiger charge is -2.29. The van der Waals surface area contributed by atoms with E-state index in [2.05, 4.69) is 10.1 Å². The van der Waals surface area contributed by atoms with Gasteiger partial charge in [0.15, 0.2) is 11.5 Å². The van der Waals surface area contributed by atoms with Crippen LogP contribution in [0.5, 0.6) is 17.2 Å². The average Bonchev–Trinajstić information content (AvgIpc) is 3.33. The number of esters is 1. The van der Waals surface area contributed by atoms with Gasteiger partial charge in [-0.25, -0.2) is 4.79 Å². The molecule has 2 aliphatic heterocycles.